The summed E-state index contributed by atoms with van der Waals surface area (Å²) in [5.41, 5.74) is 3.48. The summed E-state index contributed by atoms with van der Waals surface area (Å²) in [6, 6.07) is 18.3. The van der Waals surface area contributed by atoms with Gasteiger partial charge in [0.25, 0.3) is 5.91 Å². The van der Waals surface area contributed by atoms with E-state index in [1.165, 1.54) is 0 Å². The van der Waals surface area contributed by atoms with Crippen molar-refractivity contribution in [2.45, 2.75) is 18.4 Å². The zero-order valence-electron chi connectivity index (χ0n) is 16.2. The zero-order valence-corrected chi connectivity index (χ0v) is 17.0. The molecule has 1 unspecified atom stereocenters. The number of hydrogen-bond donors (Lipinski definition) is 3. The Kier molecular flexibility index (Phi) is 6.51. The van der Waals surface area contributed by atoms with Crippen molar-refractivity contribution in [3.8, 4) is 0 Å². The van der Waals surface area contributed by atoms with Crippen LogP contribution in [-0.4, -0.2) is 27.1 Å². The number of aryl methyl sites for hydroxylation is 1. The second kappa shape index (κ2) is 9.25. The molecular formula is C22H22N4O2S. The number of hydrogen-bond acceptors (Lipinski definition) is 5. The van der Waals surface area contributed by atoms with Gasteiger partial charge in [-0.3, -0.25) is 19.4 Å². The number of rotatable bonds is 7. The monoisotopic (exact) mass is 406 g/mol. The highest BCUT2D eigenvalue weighted by molar-refractivity contribution is 7.84. The van der Waals surface area contributed by atoms with Crippen molar-refractivity contribution >= 4 is 33.8 Å². The van der Waals surface area contributed by atoms with Crippen molar-refractivity contribution in [1.29, 1.82) is 5.41 Å². The van der Waals surface area contributed by atoms with Crippen LogP contribution in [0, 0.1) is 12.3 Å². The first-order chi connectivity index (χ1) is 13.9. The molecule has 7 heteroatoms. The van der Waals surface area contributed by atoms with Crippen LogP contribution in [0.1, 0.15) is 16.8 Å². The first-order valence-electron chi connectivity index (χ1n) is 9.02. The van der Waals surface area contributed by atoms with Crippen LogP contribution in [0.2, 0.25) is 0 Å². The average Bonchev–Trinajstić information content (AvgIpc) is 2.74. The van der Waals surface area contributed by atoms with Crippen LogP contribution >= 0.6 is 0 Å². The van der Waals surface area contributed by atoms with E-state index in [0.29, 0.717) is 23.5 Å². The van der Waals surface area contributed by atoms with Crippen molar-refractivity contribution in [2.24, 2.45) is 0 Å². The molecule has 1 amide bonds. The van der Waals surface area contributed by atoms with E-state index in [1.807, 2.05) is 43.3 Å². The van der Waals surface area contributed by atoms with Gasteiger partial charge in [-0.15, -0.1) is 0 Å². The van der Waals surface area contributed by atoms with E-state index < -0.39 is 16.7 Å². The molecule has 0 saturated heterocycles. The third kappa shape index (κ3) is 5.36. The van der Waals surface area contributed by atoms with Crippen molar-refractivity contribution in [2.75, 3.05) is 16.9 Å². The Balaban J connectivity index is 1.70. The highest BCUT2D eigenvalue weighted by Crippen LogP contribution is 2.18. The third-order valence-corrected chi connectivity index (χ3v) is 5.27. The summed E-state index contributed by atoms with van der Waals surface area (Å²) in [4.78, 5) is 17.4. The lowest BCUT2D eigenvalue weighted by Gasteiger charge is -2.13. The van der Waals surface area contributed by atoms with Gasteiger partial charge in [0.05, 0.1) is 11.9 Å². The minimum Gasteiger partial charge on any atom is -0.380 e. The first-order valence-corrected chi connectivity index (χ1v) is 10.6. The van der Waals surface area contributed by atoms with E-state index in [0.717, 1.165) is 16.2 Å². The van der Waals surface area contributed by atoms with E-state index in [2.05, 4.69) is 15.6 Å². The van der Waals surface area contributed by atoms with Crippen LogP contribution in [0.3, 0.4) is 0 Å². The molecule has 6 nitrogen and oxygen atoms in total. The maximum atomic E-state index is 12.5. The Morgan fingerprint density at radius 2 is 1.79 bits per heavy atom. The molecule has 0 bridgehead atoms. The molecule has 0 spiro atoms. The molecule has 0 aliphatic carbocycles. The van der Waals surface area contributed by atoms with Crippen molar-refractivity contribution in [3.63, 3.8) is 0 Å². The van der Waals surface area contributed by atoms with Gasteiger partial charge >= 0.3 is 0 Å². The molecule has 3 rings (SSSR count). The fourth-order valence-electron chi connectivity index (χ4n) is 2.71. The molecule has 0 saturated carbocycles. The predicted molar refractivity (Wildman–Crippen MR) is 117 cm³/mol. The molecular weight excluding hydrogens is 384 g/mol. The number of aromatic nitrogens is 1. The molecule has 148 valence electrons. The average molecular weight is 407 g/mol. The van der Waals surface area contributed by atoms with E-state index in [-0.39, 0.29) is 5.71 Å². The summed E-state index contributed by atoms with van der Waals surface area (Å²) < 4.78 is 11.5. The summed E-state index contributed by atoms with van der Waals surface area (Å²) in [6.07, 6.45) is 3.21. The Labute approximate surface area is 172 Å². The smallest absolute Gasteiger partial charge is 0.274 e. The number of nitrogens with zero attached hydrogens (tertiary/aromatic N) is 1. The number of carbonyl (C=O) groups excluding carboxylic acids is 1. The Hall–Kier alpha value is -3.32. The van der Waals surface area contributed by atoms with Gasteiger partial charge in [-0.1, -0.05) is 30.3 Å². The molecule has 0 aliphatic rings. The Morgan fingerprint density at radius 3 is 2.45 bits per heavy atom. The van der Waals surface area contributed by atoms with Gasteiger partial charge in [-0.05, 0) is 42.8 Å². The van der Waals surface area contributed by atoms with Gasteiger partial charge in [0, 0.05) is 45.4 Å². The van der Waals surface area contributed by atoms with Crippen molar-refractivity contribution in [1.82, 2.24) is 4.98 Å². The van der Waals surface area contributed by atoms with Crippen LogP contribution in [0.4, 0.5) is 11.4 Å². The van der Waals surface area contributed by atoms with Gasteiger partial charge in [0.15, 0.2) is 0 Å². The minimum absolute atomic E-state index is 0.134. The standard InChI is InChI=1S/C22H22N4O2S/c1-15-7-10-17(14-24-15)26-22(27)21(23)19-5-3-4-6-20(19)25-13-16-8-11-18(12-9-16)29(2)28/h3-12,14,23,25H,13H2,1-2H3,(H,26,27). The van der Waals surface area contributed by atoms with E-state index >= 15 is 0 Å². The number of anilines is 2. The summed E-state index contributed by atoms with van der Waals surface area (Å²) in [6.45, 7) is 2.38. The summed E-state index contributed by atoms with van der Waals surface area (Å²) in [5, 5.41) is 14.3. The second-order valence-electron chi connectivity index (χ2n) is 6.51. The maximum absolute atomic E-state index is 12.5. The number of nitrogens with one attached hydrogen (secondary N) is 3. The van der Waals surface area contributed by atoms with Gasteiger partial charge in [0.1, 0.15) is 5.71 Å². The van der Waals surface area contributed by atoms with Gasteiger partial charge in [-0.2, -0.15) is 0 Å². The number of carbonyl (C=O) groups is 1. The zero-order chi connectivity index (χ0) is 20.8. The number of pyridine rings is 1. The van der Waals surface area contributed by atoms with Crippen molar-refractivity contribution in [3.05, 3.63) is 83.7 Å². The van der Waals surface area contributed by atoms with Crippen LogP contribution in [0.15, 0.2) is 71.8 Å². The summed E-state index contributed by atoms with van der Waals surface area (Å²) >= 11 is 0. The Morgan fingerprint density at radius 1 is 1.07 bits per heavy atom. The topological polar surface area (TPSA) is 94.9 Å². The van der Waals surface area contributed by atoms with E-state index in [1.54, 1.807) is 36.7 Å². The van der Waals surface area contributed by atoms with Gasteiger partial charge in [-0.25, -0.2) is 0 Å². The molecule has 3 N–H and O–H groups in total. The van der Waals surface area contributed by atoms with Crippen LogP contribution < -0.4 is 10.6 Å². The Bertz CT molecular complexity index is 1050. The lowest BCUT2D eigenvalue weighted by Crippen LogP contribution is -2.24. The molecule has 2 aromatic carbocycles. The fourth-order valence-corrected chi connectivity index (χ4v) is 3.23. The normalized spacial score (nSPS) is 11.5. The number of amides is 1. The molecule has 29 heavy (non-hydrogen) atoms. The lowest BCUT2D eigenvalue weighted by molar-refractivity contribution is -0.110. The second-order valence-corrected chi connectivity index (χ2v) is 7.89. The van der Waals surface area contributed by atoms with Gasteiger partial charge < -0.3 is 10.6 Å². The molecule has 0 radical (unpaired) electrons. The first kappa shape index (κ1) is 20.4. The molecule has 3 aromatic rings. The highest BCUT2D eigenvalue weighted by atomic mass is 32.2. The predicted octanol–water partition coefficient (Wildman–Crippen LogP) is 3.75. The quantitative estimate of drug-likeness (QED) is 0.521. The number of para-hydroxylation sites is 1. The van der Waals surface area contributed by atoms with Crippen molar-refractivity contribution < 1.29 is 9.00 Å². The summed E-state index contributed by atoms with van der Waals surface area (Å²) in [7, 11) is -1.01. The molecule has 0 aliphatic heterocycles. The van der Waals surface area contributed by atoms with Gasteiger partial charge in [0.2, 0.25) is 0 Å². The van der Waals surface area contributed by atoms with Crippen LogP contribution in [0.25, 0.3) is 0 Å². The molecule has 1 atom stereocenters. The van der Waals surface area contributed by atoms with Crippen LogP contribution in [-0.2, 0) is 22.1 Å². The number of benzene rings is 2. The lowest BCUT2D eigenvalue weighted by atomic mass is 10.1. The van der Waals surface area contributed by atoms with Crippen LogP contribution in [0.5, 0.6) is 0 Å². The third-order valence-electron chi connectivity index (χ3n) is 4.33. The largest absolute Gasteiger partial charge is 0.380 e. The van der Waals surface area contributed by atoms with E-state index in [9.17, 15) is 9.00 Å². The highest BCUT2D eigenvalue weighted by Gasteiger charge is 2.15. The summed E-state index contributed by atoms with van der Waals surface area (Å²) in [5.74, 6) is -0.500. The molecule has 1 heterocycles. The minimum atomic E-state index is -1.01. The van der Waals surface area contributed by atoms with E-state index in [4.69, 9.17) is 5.41 Å². The maximum Gasteiger partial charge on any atom is 0.274 e. The molecule has 0 fully saturated rings. The molecule has 1 aromatic heterocycles. The fraction of sp³-hybridized carbons (Fsp3) is 0.136. The SMILES string of the molecule is Cc1ccc(NC(=O)C(=N)c2ccccc2NCc2ccc(S(C)=O)cc2)cn1.